The normalized spacial score (nSPS) is 12.5. The van der Waals surface area contributed by atoms with E-state index in [1.54, 1.807) is 19.2 Å². The molecule has 0 fully saturated rings. The minimum atomic E-state index is -4.47. The van der Waals surface area contributed by atoms with E-state index >= 15 is 0 Å². The average molecular weight is 438 g/mol. The van der Waals surface area contributed by atoms with Crippen LogP contribution in [0.25, 0.3) is 11.2 Å². The number of aromatic amines is 1. The third-order valence-corrected chi connectivity index (χ3v) is 5.09. The van der Waals surface area contributed by atoms with Crippen molar-refractivity contribution >= 4 is 51.9 Å². The molecule has 3 aromatic rings. The van der Waals surface area contributed by atoms with Crippen molar-refractivity contribution in [1.29, 1.82) is 0 Å². The molecule has 0 aromatic carbocycles. The van der Waals surface area contributed by atoms with Gasteiger partial charge in [-0.15, -0.1) is 0 Å². The van der Waals surface area contributed by atoms with Gasteiger partial charge in [-0.3, -0.25) is 9.97 Å². The van der Waals surface area contributed by atoms with Crippen molar-refractivity contribution in [2.24, 2.45) is 0 Å². The number of H-pyrrole nitrogens is 1. The van der Waals surface area contributed by atoms with Crippen LogP contribution in [-0.4, -0.2) is 73.9 Å². The van der Waals surface area contributed by atoms with E-state index in [0.717, 1.165) is 5.56 Å². The Hall–Kier alpha value is -1.53. The van der Waals surface area contributed by atoms with E-state index in [2.05, 4.69) is 19.9 Å². The van der Waals surface area contributed by atoms with Gasteiger partial charge in [-0.05, 0) is 26.0 Å². The first-order valence-corrected chi connectivity index (χ1v) is 9.43. The summed E-state index contributed by atoms with van der Waals surface area (Å²) in [6.45, 7) is 1.93. The van der Waals surface area contributed by atoms with E-state index < -0.39 is 24.0 Å². The molecular formula is C17H18F3N4NaO3S. The molecule has 1 unspecified atom stereocenters. The fraction of sp³-hybridized carbons (Fsp3) is 0.353. The fourth-order valence-electron chi connectivity index (χ4n) is 2.52. The molecule has 0 saturated heterocycles. The second-order valence-electron chi connectivity index (χ2n) is 6.00. The number of fused-ring (bicyclic) bond motifs is 1. The number of alkyl halides is 3. The first kappa shape index (κ1) is 23.7. The van der Waals surface area contributed by atoms with Gasteiger partial charge < -0.3 is 14.0 Å². The van der Waals surface area contributed by atoms with Crippen LogP contribution < -0.4 is 9.47 Å². The van der Waals surface area contributed by atoms with Crippen molar-refractivity contribution in [3.8, 4) is 11.6 Å². The molecule has 29 heavy (non-hydrogen) atoms. The molecule has 3 rings (SSSR count). The van der Waals surface area contributed by atoms with Crippen LogP contribution in [0.3, 0.4) is 0 Å². The predicted molar refractivity (Wildman–Crippen MR) is 103 cm³/mol. The summed E-state index contributed by atoms with van der Waals surface area (Å²) in [6.07, 6.45) is -2.91. The molecule has 0 aliphatic heterocycles. The molecule has 152 valence electrons. The Morgan fingerprint density at radius 3 is 2.62 bits per heavy atom. The molecule has 0 aliphatic carbocycles. The predicted octanol–water partition coefficient (Wildman–Crippen LogP) is 2.58. The monoisotopic (exact) mass is 438 g/mol. The Labute approximate surface area is 189 Å². The van der Waals surface area contributed by atoms with Crippen molar-refractivity contribution in [2.75, 3.05) is 13.7 Å². The SMILES string of the molecule is COc1ccnc(C[S+]([O-])c2nc3cc(C)c(OCC(F)(F)F)nc3[nH]2)c1C.[NaH]. The number of ether oxygens (including phenoxy) is 2. The number of nitrogens with zero attached hydrogens (tertiary/aromatic N) is 3. The van der Waals surface area contributed by atoms with Crippen LogP contribution in [0.4, 0.5) is 13.2 Å². The van der Waals surface area contributed by atoms with Crippen LogP contribution in [0.1, 0.15) is 16.8 Å². The third kappa shape index (κ3) is 5.76. The van der Waals surface area contributed by atoms with E-state index in [1.807, 2.05) is 6.92 Å². The number of nitrogens with one attached hydrogen (secondary N) is 1. The molecule has 0 aliphatic rings. The number of hydrogen-bond donors (Lipinski definition) is 1. The number of aryl methyl sites for hydroxylation is 1. The zero-order chi connectivity index (χ0) is 20.5. The summed E-state index contributed by atoms with van der Waals surface area (Å²) < 4.78 is 59.7. The van der Waals surface area contributed by atoms with Crippen LogP contribution in [0.15, 0.2) is 23.5 Å². The van der Waals surface area contributed by atoms with Crippen molar-refractivity contribution in [3.05, 3.63) is 35.2 Å². The van der Waals surface area contributed by atoms with Crippen molar-refractivity contribution < 1.29 is 27.2 Å². The number of methoxy groups -OCH3 is 1. The van der Waals surface area contributed by atoms with Crippen LogP contribution in [0, 0.1) is 13.8 Å². The van der Waals surface area contributed by atoms with Gasteiger partial charge in [0.1, 0.15) is 11.3 Å². The molecule has 1 N–H and O–H groups in total. The number of halogens is 3. The molecule has 0 spiro atoms. The van der Waals surface area contributed by atoms with Gasteiger partial charge in [-0.1, -0.05) is 0 Å². The number of pyridine rings is 2. The zero-order valence-electron chi connectivity index (χ0n) is 15.3. The summed E-state index contributed by atoms with van der Waals surface area (Å²) in [5.41, 5.74) is 2.34. The number of rotatable bonds is 6. The Balaban J connectivity index is 0.00000300. The first-order chi connectivity index (χ1) is 13.2. The standard InChI is InChI=1S/C17H17F3N4O3S.Na.H/c1-9-6-11-14(23-15(9)27-8-17(18,19)20)24-16(22-11)28(25)7-12-10(2)13(26-3)4-5-21-12;;/h4-6H,7-8H2,1-3H3,(H,22,23,24);;. The van der Waals surface area contributed by atoms with Gasteiger partial charge in [0, 0.05) is 28.5 Å². The molecule has 0 amide bonds. The molecule has 0 bridgehead atoms. The van der Waals surface area contributed by atoms with Crippen molar-refractivity contribution in [3.63, 3.8) is 0 Å². The number of hydrogen-bond acceptors (Lipinski definition) is 6. The molecule has 1 atom stereocenters. The minimum absolute atomic E-state index is 0. The molecule has 0 saturated carbocycles. The van der Waals surface area contributed by atoms with Gasteiger partial charge in [0.25, 0.3) is 0 Å². The van der Waals surface area contributed by atoms with Crippen molar-refractivity contribution in [2.45, 2.75) is 30.9 Å². The van der Waals surface area contributed by atoms with E-state index in [-0.39, 0.29) is 52.0 Å². The molecule has 0 radical (unpaired) electrons. The maximum atomic E-state index is 12.7. The van der Waals surface area contributed by atoms with Crippen LogP contribution in [0.5, 0.6) is 11.6 Å². The zero-order valence-corrected chi connectivity index (χ0v) is 16.1. The van der Waals surface area contributed by atoms with Gasteiger partial charge in [-0.25, -0.2) is 0 Å². The summed E-state index contributed by atoms with van der Waals surface area (Å²) >= 11 is -1.56. The molecular weight excluding hydrogens is 420 g/mol. The summed E-state index contributed by atoms with van der Waals surface area (Å²) in [4.78, 5) is 15.3. The summed E-state index contributed by atoms with van der Waals surface area (Å²) in [6, 6.07) is 3.23. The number of imidazole rings is 1. The Bertz CT molecular complexity index is 1000. The second kappa shape index (κ2) is 9.52. The quantitative estimate of drug-likeness (QED) is 0.470. The van der Waals surface area contributed by atoms with Gasteiger partial charge in [0.2, 0.25) is 5.88 Å². The first-order valence-electron chi connectivity index (χ1n) is 8.11. The van der Waals surface area contributed by atoms with Gasteiger partial charge in [0.05, 0.1) is 12.8 Å². The van der Waals surface area contributed by atoms with Crippen LogP contribution in [-0.2, 0) is 16.9 Å². The van der Waals surface area contributed by atoms with Crippen molar-refractivity contribution in [1.82, 2.24) is 19.9 Å². The Morgan fingerprint density at radius 2 is 1.97 bits per heavy atom. The molecule has 3 aromatic heterocycles. The maximum absolute atomic E-state index is 12.7. The van der Waals surface area contributed by atoms with E-state index in [0.29, 0.717) is 22.5 Å². The molecule has 3 heterocycles. The van der Waals surface area contributed by atoms with E-state index in [1.165, 1.54) is 13.2 Å². The topological polar surface area (TPSA) is 96.0 Å². The Kier molecular flexibility index (Phi) is 7.80. The van der Waals surface area contributed by atoms with E-state index in [4.69, 9.17) is 9.47 Å². The molecule has 12 heteroatoms. The fourth-order valence-corrected chi connectivity index (χ4v) is 3.61. The number of aromatic nitrogens is 4. The van der Waals surface area contributed by atoms with Crippen LogP contribution in [0.2, 0.25) is 0 Å². The summed E-state index contributed by atoms with van der Waals surface area (Å²) in [5, 5.41) is 0.152. The van der Waals surface area contributed by atoms with Gasteiger partial charge >= 0.3 is 40.9 Å². The summed E-state index contributed by atoms with van der Waals surface area (Å²) in [7, 11) is 1.54. The van der Waals surface area contributed by atoms with Crippen LogP contribution >= 0.6 is 0 Å². The van der Waals surface area contributed by atoms with Gasteiger partial charge in [-0.2, -0.15) is 23.1 Å². The second-order valence-corrected chi connectivity index (χ2v) is 7.37. The van der Waals surface area contributed by atoms with E-state index in [9.17, 15) is 17.7 Å². The molecule has 7 nitrogen and oxygen atoms in total. The Morgan fingerprint density at radius 1 is 1.24 bits per heavy atom. The third-order valence-electron chi connectivity index (χ3n) is 3.93. The summed E-state index contributed by atoms with van der Waals surface area (Å²) in [5.74, 6) is 0.575. The van der Waals surface area contributed by atoms with Gasteiger partial charge in [0.15, 0.2) is 18.0 Å². The average Bonchev–Trinajstić information content (AvgIpc) is 3.03.